The number of hydrogen-bond acceptors (Lipinski definition) is 4. The average Bonchev–Trinajstić information content (AvgIpc) is 3.32. The van der Waals surface area contributed by atoms with Crippen molar-refractivity contribution in [1.29, 1.82) is 0 Å². The minimum Gasteiger partial charge on any atom is -0.479 e. The van der Waals surface area contributed by atoms with Gasteiger partial charge in [0.1, 0.15) is 0 Å². The van der Waals surface area contributed by atoms with E-state index in [1.165, 1.54) is 14.2 Å². The molecule has 0 aromatic heterocycles. The maximum absolute atomic E-state index is 14.8. The first-order valence-corrected chi connectivity index (χ1v) is 9.18. The van der Waals surface area contributed by atoms with Crippen LogP contribution in [0.1, 0.15) is 36.8 Å². The summed E-state index contributed by atoms with van der Waals surface area (Å²) in [5.41, 5.74) is -1.07. The van der Waals surface area contributed by atoms with Gasteiger partial charge in [-0.25, -0.2) is 9.18 Å². The number of halogens is 1. The Kier molecular flexibility index (Phi) is 5.29. The van der Waals surface area contributed by atoms with Crippen molar-refractivity contribution in [3.8, 4) is 0 Å². The first kappa shape index (κ1) is 18.1. The molecule has 0 radical (unpaired) electrons. The summed E-state index contributed by atoms with van der Waals surface area (Å²) in [6.07, 6.45) is 1.69. The van der Waals surface area contributed by atoms with Crippen molar-refractivity contribution in [1.82, 2.24) is 0 Å². The summed E-state index contributed by atoms with van der Waals surface area (Å²) < 4.78 is 36.8. The van der Waals surface area contributed by atoms with Crippen LogP contribution in [0.25, 0.3) is 0 Å². The standard InChI is InChI=1S/C16H22FO5P/c1-16(17,15(18)19)14(12-7-8-12)13-6-4-5-11(9-13)10-23(20,21-2)22-3/h4-6,9,12,14H,7-8,10H2,1-3H3,(H,18,19). The molecule has 0 amide bonds. The van der Waals surface area contributed by atoms with Crippen molar-refractivity contribution < 1.29 is 27.9 Å². The molecule has 1 aromatic carbocycles. The number of rotatable bonds is 8. The summed E-state index contributed by atoms with van der Waals surface area (Å²) in [5.74, 6) is -2.16. The number of carboxylic acid groups (broad SMARTS) is 1. The van der Waals surface area contributed by atoms with Gasteiger partial charge in [0, 0.05) is 20.1 Å². The molecule has 0 heterocycles. The van der Waals surface area contributed by atoms with Crippen LogP contribution in [0.2, 0.25) is 0 Å². The molecular formula is C16H22FO5P. The minimum atomic E-state index is -3.23. The lowest BCUT2D eigenvalue weighted by atomic mass is 9.80. The number of aliphatic carboxylic acids is 1. The molecule has 1 saturated carbocycles. The van der Waals surface area contributed by atoms with E-state index in [-0.39, 0.29) is 12.1 Å². The molecule has 1 aliphatic rings. The maximum Gasteiger partial charge on any atom is 0.341 e. The number of carbonyl (C=O) groups is 1. The van der Waals surface area contributed by atoms with Crippen molar-refractivity contribution in [2.24, 2.45) is 5.92 Å². The lowest BCUT2D eigenvalue weighted by Crippen LogP contribution is -2.38. The summed E-state index contributed by atoms with van der Waals surface area (Å²) in [4.78, 5) is 11.3. The van der Waals surface area contributed by atoms with Crippen LogP contribution in [0.5, 0.6) is 0 Å². The third kappa shape index (κ3) is 4.00. The normalized spacial score (nSPS) is 19.1. The Labute approximate surface area is 135 Å². The highest BCUT2D eigenvalue weighted by Crippen LogP contribution is 2.52. The highest BCUT2D eigenvalue weighted by Gasteiger charge is 2.50. The molecule has 2 atom stereocenters. The topological polar surface area (TPSA) is 72.8 Å². The number of hydrogen-bond donors (Lipinski definition) is 1. The Hall–Kier alpha value is -1.23. The number of carboxylic acids is 1. The Bertz CT molecular complexity index is 619. The Morgan fingerprint density at radius 1 is 1.43 bits per heavy atom. The predicted molar refractivity (Wildman–Crippen MR) is 84.4 cm³/mol. The molecule has 1 N–H and O–H groups in total. The largest absolute Gasteiger partial charge is 0.479 e. The fourth-order valence-electron chi connectivity index (χ4n) is 2.90. The number of benzene rings is 1. The van der Waals surface area contributed by atoms with Crippen molar-refractivity contribution in [3.05, 3.63) is 35.4 Å². The molecule has 7 heteroatoms. The molecule has 5 nitrogen and oxygen atoms in total. The molecule has 2 rings (SSSR count). The Morgan fingerprint density at radius 3 is 2.52 bits per heavy atom. The van der Waals surface area contributed by atoms with E-state index < -0.39 is 25.2 Å². The van der Waals surface area contributed by atoms with Gasteiger partial charge < -0.3 is 14.2 Å². The fraction of sp³-hybridized carbons (Fsp3) is 0.562. The highest BCUT2D eigenvalue weighted by molar-refractivity contribution is 7.52. The molecule has 0 saturated heterocycles. The minimum absolute atomic E-state index is 0.0213. The zero-order chi connectivity index (χ0) is 17.3. The molecule has 128 valence electrons. The van der Waals surface area contributed by atoms with E-state index in [1.807, 2.05) is 0 Å². The monoisotopic (exact) mass is 344 g/mol. The summed E-state index contributed by atoms with van der Waals surface area (Å²) in [6, 6.07) is 6.88. The van der Waals surface area contributed by atoms with E-state index in [4.69, 9.17) is 9.05 Å². The van der Waals surface area contributed by atoms with Gasteiger partial charge in [0.25, 0.3) is 0 Å². The molecule has 0 bridgehead atoms. The van der Waals surface area contributed by atoms with E-state index in [2.05, 4.69) is 0 Å². The van der Waals surface area contributed by atoms with Crippen LogP contribution in [0.3, 0.4) is 0 Å². The van der Waals surface area contributed by atoms with E-state index in [0.29, 0.717) is 11.1 Å². The molecule has 2 unspecified atom stereocenters. The van der Waals surface area contributed by atoms with Gasteiger partial charge in [0.2, 0.25) is 5.67 Å². The zero-order valence-electron chi connectivity index (χ0n) is 13.5. The van der Waals surface area contributed by atoms with Crippen LogP contribution in [0.15, 0.2) is 24.3 Å². The Morgan fingerprint density at radius 2 is 2.04 bits per heavy atom. The predicted octanol–water partition coefficient (Wildman–Crippen LogP) is 3.98. The van der Waals surface area contributed by atoms with E-state index in [0.717, 1.165) is 19.8 Å². The molecule has 0 spiro atoms. The second-order valence-corrected chi connectivity index (χ2v) is 8.34. The van der Waals surface area contributed by atoms with Crippen molar-refractivity contribution in [2.75, 3.05) is 14.2 Å². The third-order valence-electron chi connectivity index (χ3n) is 4.34. The van der Waals surface area contributed by atoms with Gasteiger partial charge >= 0.3 is 13.6 Å². The Balaban J connectivity index is 2.34. The molecule has 23 heavy (non-hydrogen) atoms. The summed E-state index contributed by atoms with van der Waals surface area (Å²) in [5, 5.41) is 9.22. The van der Waals surface area contributed by atoms with Crippen LogP contribution in [0.4, 0.5) is 4.39 Å². The van der Waals surface area contributed by atoms with Gasteiger partial charge in [0.15, 0.2) is 0 Å². The van der Waals surface area contributed by atoms with Crippen molar-refractivity contribution >= 4 is 13.6 Å². The number of alkyl halides is 1. The van der Waals surface area contributed by atoms with Gasteiger partial charge in [-0.3, -0.25) is 4.57 Å². The molecule has 1 aliphatic carbocycles. The second-order valence-electron chi connectivity index (χ2n) is 6.08. The van der Waals surface area contributed by atoms with Crippen molar-refractivity contribution in [3.63, 3.8) is 0 Å². The second kappa shape index (κ2) is 6.71. The SMILES string of the molecule is COP(=O)(Cc1cccc(C(C2CC2)C(C)(F)C(=O)O)c1)OC. The summed E-state index contributed by atoms with van der Waals surface area (Å²) >= 11 is 0. The third-order valence-corrected chi connectivity index (χ3v) is 6.20. The van der Waals surface area contributed by atoms with Gasteiger partial charge in [-0.05, 0) is 36.8 Å². The lowest BCUT2D eigenvalue weighted by Gasteiger charge is -2.27. The van der Waals surface area contributed by atoms with Crippen LogP contribution in [-0.4, -0.2) is 31.0 Å². The van der Waals surface area contributed by atoms with Gasteiger partial charge in [-0.1, -0.05) is 24.3 Å². The van der Waals surface area contributed by atoms with Gasteiger partial charge in [-0.2, -0.15) is 0 Å². The molecule has 1 fully saturated rings. The molecule has 0 aliphatic heterocycles. The van der Waals surface area contributed by atoms with Crippen LogP contribution in [-0.2, 0) is 24.6 Å². The fourth-order valence-corrected chi connectivity index (χ4v) is 3.95. The molecule has 1 aromatic rings. The van der Waals surface area contributed by atoms with Gasteiger partial charge in [-0.15, -0.1) is 0 Å². The summed E-state index contributed by atoms with van der Waals surface area (Å²) in [6.45, 7) is 1.11. The smallest absolute Gasteiger partial charge is 0.341 e. The van der Waals surface area contributed by atoms with Gasteiger partial charge in [0.05, 0.1) is 6.16 Å². The first-order chi connectivity index (χ1) is 10.7. The van der Waals surface area contributed by atoms with Crippen LogP contribution < -0.4 is 0 Å². The summed E-state index contributed by atoms with van der Waals surface area (Å²) in [7, 11) is -0.612. The van der Waals surface area contributed by atoms with Crippen LogP contribution in [0, 0.1) is 5.92 Å². The quantitative estimate of drug-likeness (QED) is 0.722. The van der Waals surface area contributed by atoms with E-state index >= 15 is 0 Å². The molecular weight excluding hydrogens is 322 g/mol. The zero-order valence-corrected chi connectivity index (χ0v) is 14.4. The average molecular weight is 344 g/mol. The van der Waals surface area contributed by atoms with E-state index in [1.54, 1.807) is 24.3 Å². The first-order valence-electron chi connectivity index (χ1n) is 7.45. The van der Waals surface area contributed by atoms with Crippen molar-refractivity contribution in [2.45, 2.75) is 37.5 Å². The maximum atomic E-state index is 14.8. The van der Waals surface area contributed by atoms with Crippen LogP contribution >= 0.6 is 7.60 Å². The van der Waals surface area contributed by atoms with E-state index in [9.17, 15) is 18.9 Å². The lowest BCUT2D eigenvalue weighted by molar-refractivity contribution is -0.151. The highest BCUT2D eigenvalue weighted by atomic mass is 31.2.